The topological polar surface area (TPSA) is 25.0 Å². The highest BCUT2D eigenvalue weighted by molar-refractivity contribution is 6.30. The van der Waals surface area contributed by atoms with Crippen LogP contribution in [-0.2, 0) is 6.61 Å². The Labute approximate surface area is 114 Å². The van der Waals surface area contributed by atoms with Gasteiger partial charge in [0, 0.05) is 15.9 Å². The summed E-state index contributed by atoms with van der Waals surface area (Å²) in [5, 5.41) is 1.20. The minimum absolute atomic E-state index is 0.234. The van der Waals surface area contributed by atoms with E-state index in [-0.39, 0.29) is 5.82 Å². The van der Waals surface area contributed by atoms with Gasteiger partial charge in [0.25, 0.3) is 0 Å². The number of H-pyrrole nitrogens is 1. The molecule has 2 aromatic carbocycles. The fourth-order valence-corrected chi connectivity index (χ4v) is 2.15. The summed E-state index contributed by atoms with van der Waals surface area (Å²) >= 11 is 5.87. The van der Waals surface area contributed by atoms with Crippen LogP contribution < -0.4 is 4.74 Å². The van der Waals surface area contributed by atoms with Crippen LogP contribution in [0.4, 0.5) is 4.39 Å². The van der Waals surface area contributed by atoms with Crippen LogP contribution >= 0.6 is 11.6 Å². The van der Waals surface area contributed by atoms with Crippen molar-refractivity contribution in [1.29, 1.82) is 0 Å². The number of rotatable bonds is 3. The quantitative estimate of drug-likeness (QED) is 0.746. The van der Waals surface area contributed by atoms with E-state index in [0.29, 0.717) is 22.8 Å². The van der Waals surface area contributed by atoms with Crippen molar-refractivity contribution in [2.45, 2.75) is 6.61 Å². The summed E-state index contributed by atoms with van der Waals surface area (Å²) in [7, 11) is 0. The molecular formula is C15H11ClFNO. The summed E-state index contributed by atoms with van der Waals surface area (Å²) in [6.45, 7) is 0.342. The molecule has 0 saturated heterocycles. The van der Waals surface area contributed by atoms with E-state index in [1.807, 2.05) is 18.2 Å². The van der Waals surface area contributed by atoms with E-state index in [1.54, 1.807) is 24.3 Å². The third-order valence-electron chi connectivity index (χ3n) is 2.86. The molecule has 4 heteroatoms. The molecule has 2 nitrogen and oxygen atoms in total. The Morgan fingerprint density at radius 3 is 2.74 bits per heavy atom. The zero-order valence-electron chi connectivity index (χ0n) is 9.99. The third-order valence-corrected chi connectivity index (χ3v) is 3.09. The van der Waals surface area contributed by atoms with Gasteiger partial charge in [-0.15, -0.1) is 0 Å². The predicted molar refractivity (Wildman–Crippen MR) is 74.0 cm³/mol. The number of aromatic amines is 1. The lowest BCUT2D eigenvalue weighted by molar-refractivity contribution is 0.302. The molecule has 0 atom stereocenters. The first kappa shape index (κ1) is 12.1. The molecule has 0 aliphatic rings. The van der Waals surface area contributed by atoms with Crippen molar-refractivity contribution in [3.05, 3.63) is 65.1 Å². The van der Waals surface area contributed by atoms with E-state index < -0.39 is 0 Å². The molecule has 3 aromatic rings. The van der Waals surface area contributed by atoms with Gasteiger partial charge in [-0.2, -0.15) is 0 Å². The van der Waals surface area contributed by atoms with E-state index in [1.165, 1.54) is 6.07 Å². The van der Waals surface area contributed by atoms with E-state index >= 15 is 0 Å². The van der Waals surface area contributed by atoms with Crippen LogP contribution in [-0.4, -0.2) is 4.98 Å². The first-order chi connectivity index (χ1) is 9.22. The monoisotopic (exact) mass is 275 g/mol. The Morgan fingerprint density at radius 1 is 1.11 bits per heavy atom. The molecule has 0 saturated carbocycles. The van der Waals surface area contributed by atoms with E-state index in [0.717, 1.165) is 11.2 Å². The Balaban J connectivity index is 1.80. The first-order valence-corrected chi connectivity index (χ1v) is 6.25. The van der Waals surface area contributed by atoms with Crippen LogP contribution in [0.2, 0.25) is 5.02 Å². The highest BCUT2D eigenvalue weighted by Crippen LogP contribution is 2.21. The second-order valence-electron chi connectivity index (χ2n) is 4.24. The van der Waals surface area contributed by atoms with E-state index in [2.05, 4.69) is 4.98 Å². The second-order valence-corrected chi connectivity index (χ2v) is 4.68. The molecule has 0 aliphatic heterocycles. The Bertz CT molecular complexity index is 723. The number of aromatic nitrogens is 1. The minimum atomic E-state index is -0.234. The van der Waals surface area contributed by atoms with Crippen LogP contribution in [0.1, 0.15) is 5.69 Å². The predicted octanol–water partition coefficient (Wildman–Crippen LogP) is 4.54. The Hall–Kier alpha value is -2.00. The maximum absolute atomic E-state index is 13.5. The molecule has 1 N–H and O–H groups in total. The van der Waals surface area contributed by atoms with Crippen molar-refractivity contribution in [2.24, 2.45) is 0 Å². The lowest BCUT2D eigenvalue weighted by Gasteiger charge is -2.04. The number of halogens is 2. The molecule has 0 amide bonds. The van der Waals surface area contributed by atoms with Crippen molar-refractivity contribution >= 4 is 22.5 Å². The zero-order valence-corrected chi connectivity index (χ0v) is 10.7. The molecule has 3 rings (SSSR count). The summed E-state index contributed by atoms with van der Waals surface area (Å²) < 4.78 is 19.1. The van der Waals surface area contributed by atoms with Gasteiger partial charge < -0.3 is 9.72 Å². The highest BCUT2D eigenvalue weighted by Gasteiger charge is 2.05. The fraction of sp³-hybridized carbons (Fsp3) is 0.0667. The maximum Gasteiger partial charge on any atom is 0.132 e. The SMILES string of the molecule is Fc1cccc2[nH]c(COc3cccc(Cl)c3)cc12. The normalized spacial score (nSPS) is 10.8. The molecule has 0 spiro atoms. The van der Waals surface area contributed by atoms with Gasteiger partial charge in [0.05, 0.1) is 5.69 Å². The molecule has 0 radical (unpaired) electrons. The minimum Gasteiger partial charge on any atom is -0.487 e. The summed E-state index contributed by atoms with van der Waals surface area (Å²) in [6.07, 6.45) is 0. The number of ether oxygens (including phenoxy) is 1. The molecular weight excluding hydrogens is 265 g/mol. The van der Waals surface area contributed by atoms with Crippen LogP contribution in [0.5, 0.6) is 5.75 Å². The average molecular weight is 276 g/mol. The molecule has 0 unspecified atom stereocenters. The Kier molecular flexibility index (Phi) is 3.13. The fourth-order valence-electron chi connectivity index (χ4n) is 1.97. The number of nitrogens with one attached hydrogen (secondary N) is 1. The van der Waals surface area contributed by atoms with E-state index in [9.17, 15) is 4.39 Å². The van der Waals surface area contributed by atoms with Crippen LogP contribution in [0.25, 0.3) is 10.9 Å². The first-order valence-electron chi connectivity index (χ1n) is 5.87. The highest BCUT2D eigenvalue weighted by atomic mass is 35.5. The van der Waals surface area contributed by atoms with E-state index in [4.69, 9.17) is 16.3 Å². The standard InChI is InChI=1S/C15H11ClFNO/c16-10-3-1-4-12(7-10)19-9-11-8-13-14(17)5-2-6-15(13)18-11/h1-8,18H,9H2. The third kappa shape index (κ3) is 2.56. The van der Waals surface area contributed by atoms with Gasteiger partial charge in [-0.25, -0.2) is 4.39 Å². The van der Waals surface area contributed by atoms with Crippen molar-refractivity contribution in [1.82, 2.24) is 4.98 Å². The molecule has 1 aromatic heterocycles. The van der Waals surface area contributed by atoms with Gasteiger partial charge in [0.2, 0.25) is 0 Å². The van der Waals surface area contributed by atoms with Crippen LogP contribution in [0, 0.1) is 5.82 Å². The largest absolute Gasteiger partial charge is 0.487 e. The molecule has 96 valence electrons. The summed E-state index contributed by atoms with van der Waals surface area (Å²) in [5.74, 6) is 0.453. The summed E-state index contributed by atoms with van der Waals surface area (Å²) in [4.78, 5) is 3.12. The molecule has 1 heterocycles. The number of fused-ring (bicyclic) bond motifs is 1. The molecule has 0 bridgehead atoms. The van der Waals surface area contributed by atoms with Crippen LogP contribution in [0.3, 0.4) is 0 Å². The van der Waals surface area contributed by atoms with Gasteiger partial charge in [-0.3, -0.25) is 0 Å². The van der Waals surface area contributed by atoms with Crippen molar-refractivity contribution < 1.29 is 9.13 Å². The zero-order chi connectivity index (χ0) is 13.2. The summed E-state index contributed by atoms with van der Waals surface area (Å²) in [5.41, 5.74) is 1.59. The number of benzene rings is 2. The van der Waals surface area contributed by atoms with Crippen molar-refractivity contribution in [3.8, 4) is 5.75 Å². The number of hydrogen-bond donors (Lipinski definition) is 1. The summed E-state index contributed by atoms with van der Waals surface area (Å²) in [6, 6.07) is 13.9. The lowest BCUT2D eigenvalue weighted by Crippen LogP contribution is -1.95. The smallest absolute Gasteiger partial charge is 0.132 e. The van der Waals surface area contributed by atoms with Gasteiger partial charge in [-0.05, 0) is 36.4 Å². The van der Waals surface area contributed by atoms with Gasteiger partial charge in [-0.1, -0.05) is 23.7 Å². The van der Waals surface area contributed by atoms with Gasteiger partial charge in [0.1, 0.15) is 18.2 Å². The maximum atomic E-state index is 13.5. The molecule has 19 heavy (non-hydrogen) atoms. The van der Waals surface area contributed by atoms with Crippen LogP contribution in [0.15, 0.2) is 48.5 Å². The van der Waals surface area contributed by atoms with Gasteiger partial charge >= 0.3 is 0 Å². The number of hydrogen-bond acceptors (Lipinski definition) is 1. The lowest BCUT2D eigenvalue weighted by atomic mass is 10.2. The second kappa shape index (κ2) is 4.94. The Morgan fingerprint density at radius 2 is 1.95 bits per heavy atom. The molecule has 0 fully saturated rings. The molecule has 0 aliphatic carbocycles. The van der Waals surface area contributed by atoms with Crippen molar-refractivity contribution in [2.75, 3.05) is 0 Å². The van der Waals surface area contributed by atoms with Crippen molar-refractivity contribution in [3.63, 3.8) is 0 Å². The average Bonchev–Trinajstić information content (AvgIpc) is 2.81. The van der Waals surface area contributed by atoms with Gasteiger partial charge in [0.15, 0.2) is 0 Å².